The first-order chi connectivity index (χ1) is 10.1. The summed E-state index contributed by atoms with van der Waals surface area (Å²) >= 11 is 2.35. The molecule has 21 heavy (non-hydrogen) atoms. The van der Waals surface area contributed by atoms with E-state index < -0.39 is 6.41 Å². The molecule has 0 spiro atoms. The Morgan fingerprint density at radius 3 is 2.76 bits per heavy atom. The molecule has 1 aliphatic carbocycles. The molecule has 0 saturated carbocycles. The Hall–Kier alpha value is 0.01000. The van der Waals surface area contributed by atoms with Gasteiger partial charge in [-0.3, -0.25) is 5.32 Å². The van der Waals surface area contributed by atoms with Crippen LogP contribution in [0.15, 0.2) is 23.8 Å². The van der Waals surface area contributed by atoms with Crippen molar-refractivity contribution in [2.75, 3.05) is 21.0 Å². The molecule has 0 radical (unpaired) electrons. The van der Waals surface area contributed by atoms with Gasteiger partial charge in [-0.2, -0.15) is 0 Å². The summed E-state index contributed by atoms with van der Waals surface area (Å²) in [6, 6.07) is 0. The molecule has 1 aliphatic rings. The third-order valence-corrected chi connectivity index (χ3v) is 4.02. The molecule has 6 heteroatoms. The lowest BCUT2D eigenvalue weighted by Crippen LogP contribution is -2.40. The van der Waals surface area contributed by atoms with Crippen LogP contribution in [0.25, 0.3) is 0 Å². The summed E-state index contributed by atoms with van der Waals surface area (Å²) in [7, 11) is 3.25. The fourth-order valence-corrected chi connectivity index (χ4v) is 2.80. The van der Waals surface area contributed by atoms with Gasteiger partial charge in [0.1, 0.15) is 12.9 Å². The topological polar surface area (TPSA) is 60.0 Å². The van der Waals surface area contributed by atoms with Gasteiger partial charge in [0.25, 0.3) is 0 Å². The van der Waals surface area contributed by atoms with E-state index in [0.29, 0.717) is 3.92 Å². The molecule has 0 heterocycles. The van der Waals surface area contributed by atoms with E-state index >= 15 is 0 Å². The van der Waals surface area contributed by atoms with Crippen molar-refractivity contribution in [1.29, 1.82) is 0 Å². The van der Waals surface area contributed by atoms with Gasteiger partial charge in [-0.1, -0.05) is 60.6 Å². The zero-order chi connectivity index (χ0) is 15.7. The number of ether oxygens (including phenoxy) is 3. The molecule has 0 fully saturated rings. The van der Waals surface area contributed by atoms with Crippen LogP contribution in [-0.4, -0.2) is 48.6 Å². The van der Waals surface area contributed by atoms with Crippen LogP contribution in [0.5, 0.6) is 0 Å². The summed E-state index contributed by atoms with van der Waals surface area (Å²) < 4.78 is 16.9. The number of halogens is 1. The Morgan fingerprint density at radius 1 is 1.48 bits per heavy atom. The molecule has 0 aliphatic heterocycles. The Bertz CT molecular complexity index is 349. The zero-order valence-corrected chi connectivity index (χ0v) is 15.1. The molecule has 5 nitrogen and oxygen atoms in total. The second-order valence-electron chi connectivity index (χ2n) is 4.92. The highest BCUT2D eigenvalue weighted by Crippen LogP contribution is 2.26. The van der Waals surface area contributed by atoms with Crippen LogP contribution in [-0.2, 0) is 14.2 Å². The average molecular weight is 411 g/mol. The van der Waals surface area contributed by atoms with E-state index in [4.69, 9.17) is 14.2 Å². The Morgan fingerprint density at radius 2 is 2.24 bits per heavy atom. The second kappa shape index (κ2) is 10.7. The van der Waals surface area contributed by atoms with E-state index in [1.807, 2.05) is 0 Å². The predicted octanol–water partition coefficient (Wildman–Crippen LogP) is 2.35. The van der Waals surface area contributed by atoms with Crippen LogP contribution in [0.3, 0.4) is 0 Å². The summed E-state index contributed by atoms with van der Waals surface area (Å²) in [5.74, 6) is 0. The van der Waals surface area contributed by atoms with Crippen LogP contribution in [0, 0.1) is 0 Å². The lowest BCUT2D eigenvalue weighted by molar-refractivity contribution is -0.192. The number of alkyl halides is 1. The second-order valence-corrected chi connectivity index (χ2v) is 6.36. The number of aliphatic hydroxyl groups is 1. The Balaban J connectivity index is 2.82. The Kier molecular flexibility index (Phi) is 9.70. The van der Waals surface area contributed by atoms with Crippen molar-refractivity contribution in [3.63, 3.8) is 0 Å². The van der Waals surface area contributed by atoms with Gasteiger partial charge in [0, 0.05) is 11.0 Å². The number of allylic oxidation sites excluding steroid dienone is 2. The fraction of sp³-hybridized carbons (Fsp3) is 0.733. The van der Waals surface area contributed by atoms with E-state index in [1.165, 1.54) is 0 Å². The van der Waals surface area contributed by atoms with Crippen molar-refractivity contribution in [2.45, 2.75) is 48.7 Å². The van der Waals surface area contributed by atoms with Gasteiger partial charge in [-0.25, -0.2) is 0 Å². The van der Waals surface area contributed by atoms with E-state index in [0.717, 1.165) is 24.8 Å². The molecular weight excluding hydrogens is 385 g/mol. The SMILES string of the molecule is CCCCC(O[C@@H](O)NC)C(OCOC)C1=CC(I)C=C1. The monoisotopic (exact) mass is 411 g/mol. The smallest absolute Gasteiger partial charge is 0.213 e. The summed E-state index contributed by atoms with van der Waals surface area (Å²) in [6.07, 6.45) is 7.76. The highest BCUT2D eigenvalue weighted by molar-refractivity contribution is 14.1. The number of methoxy groups -OCH3 is 1. The van der Waals surface area contributed by atoms with E-state index in [2.05, 4.69) is 53.1 Å². The van der Waals surface area contributed by atoms with E-state index in [1.54, 1.807) is 14.2 Å². The maximum Gasteiger partial charge on any atom is 0.213 e. The Labute approximate surface area is 140 Å². The maximum atomic E-state index is 9.74. The van der Waals surface area contributed by atoms with Crippen LogP contribution >= 0.6 is 22.6 Å². The van der Waals surface area contributed by atoms with Gasteiger partial charge < -0.3 is 19.3 Å². The molecule has 0 aromatic rings. The molecule has 0 saturated heterocycles. The number of rotatable bonds is 11. The van der Waals surface area contributed by atoms with E-state index in [-0.39, 0.29) is 19.0 Å². The molecule has 4 atom stereocenters. The molecule has 0 amide bonds. The van der Waals surface area contributed by atoms with Crippen molar-refractivity contribution in [3.8, 4) is 0 Å². The van der Waals surface area contributed by atoms with E-state index in [9.17, 15) is 5.11 Å². The number of aliphatic hydroxyl groups excluding tert-OH is 1. The van der Waals surface area contributed by atoms with Crippen molar-refractivity contribution >= 4 is 22.6 Å². The standard InChI is InChI=1S/C15H26INO4/c1-4-5-6-13(21-15(18)17-2)14(20-10-19-3)11-7-8-12(16)9-11/h7-9,12-15,17-18H,4-6,10H2,1-3H3/t12?,13?,14?,15-/m1/s1. The first-order valence-electron chi connectivity index (χ1n) is 7.27. The summed E-state index contributed by atoms with van der Waals surface area (Å²) in [5.41, 5.74) is 1.08. The molecule has 0 bridgehead atoms. The summed E-state index contributed by atoms with van der Waals surface area (Å²) in [6.45, 7) is 2.33. The van der Waals surface area contributed by atoms with Crippen molar-refractivity contribution in [2.24, 2.45) is 0 Å². The summed E-state index contributed by atoms with van der Waals surface area (Å²) in [4.78, 5) is 0. The predicted molar refractivity (Wildman–Crippen MR) is 91.2 cm³/mol. The van der Waals surface area contributed by atoms with Crippen LogP contribution < -0.4 is 5.32 Å². The zero-order valence-electron chi connectivity index (χ0n) is 12.9. The molecular formula is C15H26INO4. The van der Waals surface area contributed by atoms with Crippen molar-refractivity contribution in [3.05, 3.63) is 23.8 Å². The average Bonchev–Trinajstić information content (AvgIpc) is 2.90. The minimum atomic E-state index is -0.998. The number of hydrogen-bond donors (Lipinski definition) is 2. The minimum absolute atomic E-state index is 0.198. The lowest BCUT2D eigenvalue weighted by atomic mass is 10.0. The lowest BCUT2D eigenvalue weighted by Gasteiger charge is -2.29. The third-order valence-electron chi connectivity index (χ3n) is 3.25. The molecule has 0 aromatic heterocycles. The minimum Gasteiger partial charge on any atom is -0.359 e. The van der Waals surface area contributed by atoms with Gasteiger partial charge in [0.2, 0.25) is 6.41 Å². The molecule has 122 valence electrons. The quantitative estimate of drug-likeness (QED) is 0.311. The van der Waals surface area contributed by atoms with Gasteiger partial charge in [0.05, 0.1) is 6.10 Å². The number of nitrogens with one attached hydrogen (secondary N) is 1. The van der Waals surface area contributed by atoms with Crippen LogP contribution in [0.2, 0.25) is 0 Å². The first kappa shape index (κ1) is 19.1. The van der Waals surface area contributed by atoms with Gasteiger partial charge in [-0.15, -0.1) is 0 Å². The third kappa shape index (κ3) is 6.75. The van der Waals surface area contributed by atoms with Gasteiger partial charge in [-0.05, 0) is 19.0 Å². The van der Waals surface area contributed by atoms with Crippen LogP contribution in [0.1, 0.15) is 26.2 Å². The molecule has 1 rings (SSSR count). The highest BCUT2D eigenvalue weighted by atomic mass is 127. The highest BCUT2D eigenvalue weighted by Gasteiger charge is 2.29. The molecule has 2 N–H and O–H groups in total. The van der Waals surface area contributed by atoms with Crippen molar-refractivity contribution < 1.29 is 19.3 Å². The maximum absolute atomic E-state index is 9.74. The normalized spacial score (nSPS) is 22.1. The number of hydrogen-bond acceptors (Lipinski definition) is 5. The molecule has 3 unspecified atom stereocenters. The largest absolute Gasteiger partial charge is 0.359 e. The fourth-order valence-electron chi connectivity index (χ4n) is 2.18. The van der Waals surface area contributed by atoms with Gasteiger partial charge >= 0.3 is 0 Å². The van der Waals surface area contributed by atoms with Crippen molar-refractivity contribution in [1.82, 2.24) is 5.32 Å². The number of unbranched alkanes of at least 4 members (excludes halogenated alkanes) is 1. The first-order valence-corrected chi connectivity index (χ1v) is 8.52. The van der Waals surface area contributed by atoms with Gasteiger partial charge in [0.15, 0.2) is 0 Å². The summed E-state index contributed by atoms with van der Waals surface area (Å²) in [5, 5.41) is 12.4. The van der Waals surface area contributed by atoms with Crippen LogP contribution in [0.4, 0.5) is 0 Å². The molecule has 0 aromatic carbocycles.